The highest BCUT2D eigenvalue weighted by Crippen LogP contribution is 2.26. The number of halogens is 1. The monoisotopic (exact) mass is 284 g/mol. The number of nitro groups is 1. The Morgan fingerprint density at radius 2 is 2.35 bits per heavy atom. The van der Waals surface area contributed by atoms with Crippen molar-refractivity contribution in [3.63, 3.8) is 0 Å². The topological polar surface area (TPSA) is 92.9 Å². The minimum Gasteiger partial charge on any atom is -0.481 e. The Kier molecular flexibility index (Phi) is 4.14. The van der Waals surface area contributed by atoms with Gasteiger partial charge in [-0.2, -0.15) is 0 Å². The van der Waals surface area contributed by atoms with Crippen LogP contribution in [-0.4, -0.2) is 41.8 Å². The second-order valence-corrected chi connectivity index (χ2v) is 4.43. The molecule has 0 saturated carbocycles. The van der Waals surface area contributed by atoms with Gasteiger partial charge in [-0.1, -0.05) is 0 Å². The van der Waals surface area contributed by atoms with Gasteiger partial charge in [0.05, 0.1) is 35.8 Å². The molecule has 0 bridgehead atoms. The smallest absolute Gasteiger partial charge is 0.306 e. The van der Waals surface area contributed by atoms with Gasteiger partial charge in [-0.3, -0.25) is 14.9 Å². The first-order valence-electron chi connectivity index (χ1n) is 5.99. The number of rotatable bonds is 4. The van der Waals surface area contributed by atoms with E-state index in [-0.39, 0.29) is 30.9 Å². The molecule has 0 aromatic heterocycles. The number of aliphatic carboxylic acids is 1. The van der Waals surface area contributed by atoms with Crippen molar-refractivity contribution in [3.05, 3.63) is 34.1 Å². The molecule has 1 N–H and O–H groups in total. The molecular weight excluding hydrogens is 271 g/mol. The van der Waals surface area contributed by atoms with Crippen LogP contribution in [0.3, 0.4) is 0 Å². The molecule has 0 amide bonds. The number of carbonyl (C=O) groups is 1. The summed E-state index contributed by atoms with van der Waals surface area (Å²) in [7, 11) is 0. The maximum Gasteiger partial charge on any atom is 0.306 e. The van der Waals surface area contributed by atoms with Crippen molar-refractivity contribution in [1.29, 1.82) is 0 Å². The summed E-state index contributed by atoms with van der Waals surface area (Å²) in [6.45, 7) is 0.931. The van der Waals surface area contributed by atoms with Crippen molar-refractivity contribution >= 4 is 17.3 Å². The third-order valence-corrected chi connectivity index (χ3v) is 3.02. The molecule has 108 valence electrons. The van der Waals surface area contributed by atoms with Crippen LogP contribution in [0.4, 0.5) is 15.8 Å². The minimum atomic E-state index is -0.985. The van der Waals surface area contributed by atoms with Crippen molar-refractivity contribution in [2.45, 2.75) is 12.5 Å². The molecule has 1 saturated heterocycles. The van der Waals surface area contributed by atoms with Gasteiger partial charge in [-0.15, -0.1) is 0 Å². The summed E-state index contributed by atoms with van der Waals surface area (Å²) in [6, 6.07) is 3.41. The summed E-state index contributed by atoms with van der Waals surface area (Å²) < 4.78 is 19.2. The van der Waals surface area contributed by atoms with Gasteiger partial charge in [0.15, 0.2) is 5.82 Å². The molecule has 1 atom stereocenters. The van der Waals surface area contributed by atoms with Gasteiger partial charge in [0.2, 0.25) is 0 Å². The van der Waals surface area contributed by atoms with Gasteiger partial charge < -0.3 is 14.7 Å². The third kappa shape index (κ3) is 3.21. The average Bonchev–Trinajstić information content (AvgIpc) is 2.38. The predicted octanol–water partition coefficient (Wildman–Crippen LogP) is 1.41. The van der Waals surface area contributed by atoms with E-state index in [2.05, 4.69) is 0 Å². The van der Waals surface area contributed by atoms with Crippen LogP contribution in [0.1, 0.15) is 6.42 Å². The van der Waals surface area contributed by atoms with E-state index in [1.807, 2.05) is 0 Å². The Bertz CT molecular complexity index is 537. The van der Waals surface area contributed by atoms with Crippen LogP contribution in [-0.2, 0) is 9.53 Å². The molecule has 1 fully saturated rings. The number of hydrogen-bond acceptors (Lipinski definition) is 5. The Morgan fingerprint density at radius 1 is 1.60 bits per heavy atom. The molecule has 0 spiro atoms. The zero-order chi connectivity index (χ0) is 14.7. The van der Waals surface area contributed by atoms with Crippen LogP contribution >= 0.6 is 0 Å². The number of nitro benzene ring substituents is 1. The average molecular weight is 284 g/mol. The van der Waals surface area contributed by atoms with Crippen molar-refractivity contribution in [1.82, 2.24) is 0 Å². The van der Waals surface area contributed by atoms with Gasteiger partial charge in [0.1, 0.15) is 0 Å². The van der Waals surface area contributed by atoms with Crippen LogP contribution < -0.4 is 4.90 Å². The normalized spacial score (nSPS) is 18.9. The molecule has 1 aliphatic heterocycles. The van der Waals surface area contributed by atoms with Crippen LogP contribution in [0, 0.1) is 15.9 Å². The molecule has 1 unspecified atom stereocenters. The molecule has 20 heavy (non-hydrogen) atoms. The number of benzene rings is 1. The van der Waals surface area contributed by atoms with Crippen molar-refractivity contribution < 1.29 is 24.0 Å². The Morgan fingerprint density at radius 3 is 2.95 bits per heavy atom. The molecule has 1 aromatic carbocycles. The zero-order valence-electron chi connectivity index (χ0n) is 10.5. The fourth-order valence-electron chi connectivity index (χ4n) is 2.12. The number of non-ortho nitro benzene ring substituents is 1. The lowest BCUT2D eigenvalue weighted by Gasteiger charge is -2.34. The van der Waals surface area contributed by atoms with Gasteiger partial charge in [0.25, 0.3) is 5.69 Å². The van der Waals surface area contributed by atoms with Crippen molar-refractivity contribution in [3.8, 4) is 0 Å². The fourth-order valence-corrected chi connectivity index (χ4v) is 2.12. The van der Waals surface area contributed by atoms with E-state index in [0.717, 1.165) is 6.07 Å². The molecule has 1 heterocycles. The number of nitrogens with zero attached hydrogens (tertiary/aromatic N) is 2. The van der Waals surface area contributed by atoms with Crippen LogP contribution in [0.25, 0.3) is 0 Å². The number of ether oxygens (including phenoxy) is 1. The SMILES string of the molecule is O=C(O)CC1CN(c2ccc([N+](=O)[O-])cc2F)CCO1. The number of anilines is 1. The minimum absolute atomic E-state index is 0.162. The van der Waals surface area contributed by atoms with E-state index < -0.39 is 22.8 Å². The number of carboxylic acid groups (broad SMARTS) is 1. The van der Waals surface area contributed by atoms with Gasteiger partial charge in [-0.25, -0.2) is 4.39 Å². The number of carboxylic acids is 1. The van der Waals surface area contributed by atoms with Crippen LogP contribution in [0.15, 0.2) is 18.2 Å². The third-order valence-electron chi connectivity index (χ3n) is 3.02. The van der Waals surface area contributed by atoms with E-state index in [9.17, 15) is 19.3 Å². The molecule has 7 nitrogen and oxygen atoms in total. The molecule has 8 heteroatoms. The van der Waals surface area contributed by atoms with E-state index in [1.165, 1.54) is 12.1 Å². The van der Waals surface area contributed by atoms with Crippen molar-refractivity contribution in [2.75, 3.05) is 24.6 Å². The highest BCUT2D eigenvalue weighted by Gasteiger charge is 2.25. The highest BCUT2D eigenvalue weighted by atomic mass is 19.1. The number of morpholine rings is 1. The van der Waals surface area contributed by atoms with Crippen LogP contribution in [0.5, 0.6) is 0 Å². The summed E-state index contributed by atoms with van der Waals surface area (Å²) >= 11 is 0. The van der Waals surface area contributed by atoms with E-state index in [4.69, 9.17) is 9.84 Å². The van der Waals surface area contributed by atoms with Gasteiger partial charge >= 0.3 is 5.97 Å². The second-order valence-electron chi connectivity index (χ2n) is 4.43. The largest absolute Gasteiger partial charge is 0.481 e. The Balaban J connectivity index is 2.14. The summed E-state index contributed by atoms with van der Waals surface area (Å²) in [5.74, 6) is -1.68. The first-order valence-corrected chi connectivity index (χ1v) is 5.99. The second kappa shape index (κ2) is 5.83. The fraction of sp³-hybridized carbons (Fsp3) is 0.417. The molecule has 1 aromatic rings. The Labute approximate surface area is 113 Å². The maximum atomic E-state index is 13.9. The predicted molar refractivity (Wildman–Crippen MR) is 67.3 cm³/mol. The quantitative estimate of drug-likeness (QED) is 0.663. The lowest BCUT2D eigenvalue weighted by molar-refractivity contribution is -0.385. The van der Waals surface area contributed by atoms with Crippen LogP contribution in [0.2, 0.25) is 0 Å². The summed E-state index contributed by atoms with van der Waals surface area (Å²) in [4.78, 5) is 22.2. The molecule has 2 rings (SSSR count). The zero-order valence-corrected chi connectivity index (χ0v) is 10.5. The van der Waals surface area contributed by atoms with E-state index in [0.29, 0.717) is 6.54 Å². The van der Waals surface area contributed by atoms with Gasteiger partial charge in [0, 0.05) is 19.2 Å². The van der Waals surface area contributed by atoms with Crippen molar-refractivity contribution in [2.24, 2.45) is 0 Å². The first kappa shape index (κ1) is 14.2. The molecule has 1 aliphatic rings. The summed E-state index contributed by atoms with van der Waals surface area (Å²) in [5, 5.41) is 19.3. The highest BCUT2D eigenvalue weighted by molar-refractivity contribution is 5.67. The first-order chi connectivity index (χ1) is 9.47. The van der Waals surface area contributed by atoms with E-state index >= 15 is 0 Å². The lowest BCUT2D eigenvalue weighted by Crippen LogP contribution is -2.43. The molecule has 0 radical (unpaired) electrons. The van der Waals surface area contributed by atoms with Gasteiger partial charge in [-0.05, 0) is 6.07 Å². The summed E-state index contributed by atoms with van der Waals surface area (Å²) in [5.41, 5.74) is -0.101. The molecule has 0 aliphatic carbocycles. The standard InChI is InChI=1S/C12H13FN2O5/c13-10-5-8(15(18)19)1-2-11(10)14-3-4-20-9(7-14)6-12(16)17/h1-2,5,9H,3-4,6-7H2,(H,16,17). The maximum absolute atomic E-state index is 13.9. The summed E-state index contributed by atoms with van der Waals surface area (Å²) in [6.07, 6.45) is -0.679. The van der Waals surface area contributed by atoms with E-state index in [1.54, 1.807) is 4.90 Å². The molecular formula is C12H13FN2O5. The number of hydrogen-bond donors (Lipinski definition) is 1. The Hall–Kier alpha value is -2.22. The lowest BCUT2D eigenvalue weighted by atomic mass is 10.1.